The first-order valence-corrected chi connectivity index (χ1v) is 8.81. The summed E-state index contributed by atoms with van der Waals surface area (Å²) in [5.41, 5.74) is 6.79. The Morgan fingerprint density at radius 3 is 2.80 bits per heavy atom. The van der Waals surface area contributed by atoms with Gasteiger partial charge in [0.1, 0.15) is 0 Å². The molecule has 0 bridgehead atoms. The van der Waals surface area contributed by atoms with E-state index < -0.39 is 10.0 Å². The lowest BCUT2D eigenvalue weighted by Crippen LogP contribution is -2.38. The van der Waals surface area contributed by atoms with Crippen LogP contribution in [0.3, 0.4) is 0 Å². The minimum Gasteiger partial charge on any atom is -0.398 e. The number of benzene rings is 1. The van der Waals surface area contributed by atoms with Gasteiger partial charge in [-0.15, -0.1) is 0 Å². The third-order valence-corrected chi connectivity index (χ3v) is 6.10. The van der Waals surface area contributed by atoms with Gasteiger partial charge in [-0.1, -0.05) is 6.42 Å². The second kappa shape index (κ2) is 6.01. The van der Waals surface area contributed by atoms with E-state index in [-0.39, 0.29) is 23.5 Å². The molecule has 1 aromatic rings. The van der Waals surface area contributed by atoms with Crippen LogP contribution in [0.5, 0.6) is 0 Å². The Labute approximate surface area is 127 Å². The van der Waals surface area contributed by atoms with E-state index in [9.17, 15) is 13.5 Å². The number of hydrogen-bond donors (Lipinski definition) is 3. The maximum absolute atomic E-state index is 12.5. The SMILES string of the molecule is Cc1cc(Br)c(N)cc1S(=O)(=O)NC1CCCC1CO. The molecule has 5 nitrogen and oxygen atoms in total. The Morgan fingerprint density at radius 2 is 2.15 bits per heavy atom. The molecular formula is C13H19BrN2O3S. The van der Waals surface area contributed by atoms with Crippen LogP contribution in [0.4, 0.5) is 5.69 Å². The van der Waals surface area contributed by atoms with Crippen LogP contribution in [0.1, 0.15) is 24.8 Å². The van der Waals surface area contributed by atoms with E-state index in [0.717, 1.165) is 19.3 Å². The molecule has 112 valence electrons. The van der Waals surface area contributed by atoms with Gasteiger partial charge in [-0.2, -0.15) is 0 Å². The van der Waals surface area contributed by atoms with Crippen molar-refractivity contribution in [1.82, 2.24) is 4.72 Å². The standard InChI is InChI=1S/C13H19BrN2O3S/c1-8-5-10(14)11(15)6-13(8)20(18,19)16-12-4-2-3-9(12)7-17/h5-6,9,12,16-17H,2-4,7,15H2,1H3. The molecule has 0 spiro atoms. The molecule has 4 N–H and O–H groups in total. The molecule has 0 aliphatic heterocycles. The number of aliphatic hydroxyl groups excluding tert-OH is 1. The number of sulfonamides is 1. The first kappa shape index (κ1) is 15.8. The Bertz CT molecular complexity index is 604. The molecule has 20 heavy (non-hydrogen) atoms. The number of hydrogen-bond acceptors (Lipinski definition) is 4. The fraction of sp³-hybridized carbons (Fsp3) is 0.538. The summed E-state index contributed by atoms with van der Waals surface area (Å²) in [5, 5.41) is 9.28. The number of nitrogen functional groups attached to an aromatic ring is 1. The minimum atomic E-state index is -3.62. The van der Waals surface area contributed by atoms with E-state index in [1.807, 2.05) is 0 Å². The van der Waals surface area contributed by atoms with Gasteiger partial charge in [-0.25, -0.2) is 13.1 Å². The van der Waals surface area contributed by atoms with E-state index >= 15 is 0 Å². The van der Waals surface area contributed by atoms with Gasteiger partial charge in [-0.3, -0.25) is 0 Å². The second-order valence-electron chi connectivity index (χ2n) is 5.24. The number of anilines is 1. The summed E-state index contributed by atoms with van der Waals surface area (Å²) in [6, 6.07) is 2.96. The molecule has 0 saturated heterocycles. The van der Waals surface area contributed by atoms with Gasteiger partial charge >= 0.3 is 0 Å². The monoisotopic (exact) mass is 362 g/mol. The van der Waals surface area contributed by atoms with Crippen LogP contribution in [-0.4, -0.2) is 26.2 Å². The summed E-state index contributed by atoms with van der Waals surface area (Å²) in [7, 11) is -3.62. The first-order valence-electron chi connectivity index (χ1n) is 6.54. The van der Waals surface area contributed by atoms with Crippen LogP contribution in [0.15, 0.2) is 21.5 Å². The smallest absolute Gasteiger partial charge is 0.241 e. The highest BCUT2D eigenvalue weighted by atomic mass is 79.9. The highest BCUT2D eigenvalue weighted by Crippen LogP contribution is 2.29. The maximum Gasteiger partial charge on any atom is 0.241 e. The molecule has 0 amide bonds. The van der Waals surface area contributed by atoms with Crippen LogP contribution in [-0.2, 0) is 10.0 Å². The lowest BCUT2D eigenvalue weighted by molar-refractivity contribution is 0.213. The highest BCUT2D eigenvalue weighted by Gasteiger charge is 2.31. The number of rotatable bonds is 4. The highest BCUT2D eigenvalue weighted by molar-refractivity contribution is 9.10. The van der Waals surface area contributed by atoms with Crippen LogP contribution in [0.25, 0.3) is 0 Å². The van der Waals surface area contributed by atoms with Crippen molar-refractivity contribution in [3.63, 3.8) is 0 Å². The zero-order valence-corrected chi connectivity index (χ0v) is 13.7. The number of aliphatic hydroxyl groups is 1. The van der Waals surface area contributed by atoms with E-state index in [1.54, 1.807) is 13.0 Å². The normalized spacial score (nSPS) is 23.1. The molecule has 2 unspecified atom stereocenters. The number of aryl methyl sites for hydroxylation is 1. The largest absolute Gasteiger partial charge is 0.398 e. The second-order valence-corrected chi connectivity index (χ2v) is 7.78. The molecule has 1 saturated carbocycles. The van der Waals surface area contributed by atoms with Crippen LogP contribution in [0.2, 0.25) is 0 Å². The molecule has 0 radical (unpaired) electrons. The number of nitrogens with two attached hydrogens (primary N) is 1. The van der Waals surface area contributed by atoms with Crippen molar-refractivity contribution in [2.75, 3.05) is 12.3 Å². The molecule has 1 aliphatic carbocycles. The van der Waals surface area contributed by atoms with Gasteiger partial charge in [0, 0.05) is 22.8 Å². The van der Waals surface area contributed by atoms with Crippen molar-refractivity contribution < 1.29 is 13.5 Å². The van der Waals surface area contributed by atoms with Crippen LogP contribution in [0, 0.1) is 12.8 Å². The van der Waals surface area contributed by atoms with Crippen LogP contribution < -0.4 is 10.5 Å². The number of nitrogens with one attached hydrogen (secondary N) is 1. The van der Waals surface area contributed by atoms with E-state index in [4.69, 9.17) is 5.73 Å². The molecule has 0 heterocycles. The summed E-state index contributed by atoms with van der Waals surface area (Å²) in [4.78, 5) is 0.196. The summed E-state index contributed by atoms with van der Waals surface area (Å²) >= 11 is 3.28. The molecule has 2 atom stereocenters. The average Bonchev–Trinajstić information content (AvgIpc) is 2.80. The lowest BCUT2D eigenvalue weighted by atomic mass is 10.1. The van der Waals surface area contributed by atoms with Gasteiger partial charge in [0.25, 0.3) is 0 Å². The maximum atomic E-state index is 12.5. The van der Waals surface area contributed by atoms with Gasteiger partial charge in [0.05, 0.1) is 4.90 Å². The molecule has 1 fully saturated rings. The summed E-state index contributed by atoms with van der Waals surface area (Å²) < 4.78 is 28.3. The zero-order chi connectivity index (χ0) is 14.9. The van der Waals surface area contributed by atoms with Crippen LogP contribution >= 0.6 is 15.9 Å². The lowest BCUT2D eigenvalue weighted by Gasteiger charge is -2.20. The first-order chi connectivity index (χ1) is 9.35. The molecule has 2 rings (SSSR count). The molecule has 1 aliphatic rings. The predicted molar refractivity (Wildman–Crippen MR) is 81.8 cm³/mol. The Balaban J connectivity index is 2.29. The van der Waals surface area contributed by atoms with Crippen molar-refractivity contribution >= 4 is 31.6 Å². The fourth-order valence-electron chi connectivity index (χ4n) is 2.63. The third kappa shape index (κ3) is 3.16. The molecule has 7 heteroatoms. The Kier molecular flexibility index (Phi) is 4.73. The molecular weight excluding hydrogens is 344 g/mol. The van der Waals surface area contributed by atoms with Crippen molar-refractivity contribution in [2.24, 2.45) is 5.92 Å². The van der Waals surface area contributed by atoms with Crippen molar-refractivity contribution in [1.29, 1.82) is 0 Å². The third-order valence-electron chi connectivity index (χ3n) is 3.78. The van der Waals surface area contributed by atoms with E-state index in [1.165, 1.54) is 6.07 Å². The van der Waals surface area contributed by atoms with E-state index in [2.05, 4.69) is 20.7 Å². The Hall–Kier alpha value is -0.630. The van der Waals surface area contributed by atoms with Crippen molar-refractivity contribution in [2.45, 2.75) is 37.1 Å². The molecule has 0 aromatic heterocycles. The molecule has 1 aromatic carbocycles. The van der Waals surface area contributed by atoms with Crippen molar-refractivity contribution in [3.8, 4) is 0 Å². The minimum absolute atomic E-state index is 0.00197. The fourth-order valence-corrected chi connectivity index (χ4v) is 4.69. The summed E-state index contributed by atoms with van der Waals surface area (Å²) in [6.45, 7) is 1.74. The summed E-state index contributed by atoms with van der Waals surface area (Å²) in [5.74, 6) is -0.00197. The quantitative estimate of drug-likeness (QED) is 0.711. The van der Waals surface area contributed by atoms with Crippen molar-refractivity contribution in [3.05, 3.63) is 22.2 Å². The van der Waals surface area contributed by atoms with Gasteiger partial charge in [0.2, 0.25) is 10.0 Å². The Morgan fingerprint density at radius 1 is 1.45 bits per heavy atom. The number of halogens is 1. The van der Waals surface area contributed by atoms with E-state index in [0.29, 0.717) is 15.7 Å². The predicted octanol–water partition coefficient (Wildman–Crippen LogP) is 1.78. The van der Waals surface area contributed by atoms with Gasteiger partial charge < -0.3 is 10.8 Å². The topological polar surface area (TPSA) is 92.4 Å². The van der Waals surface area contributed by atoms with Gasteiger partial charge in [-0.05, 0) is 59.3 Å². The van der Waals surface area contributed by atoms with Gasteiger partial charge in [0.15, 0.2) is 0 Å². The summed E-state index contributed by atoms with van der Waals surface area (Å²) in [6.07, 6.45) is 2.54. The zero-order valence-electron chi connectivity index (χ0n) is 11.3. The average molecular weight is 363 g/mol.